The molecule has 0 atom stereocenters. The maximum atomic E-state index is 10.1. The van der Waals surface area contributed by atoms with Crippen LogP contribution in [0.4, 0.5) is 0 Å². The Hall–Kier alpha value is -0.480. The molecule has 0 saturated carbocycles. The van der Waals surface area contributed by atoms with Gasteiger partial charge >= 0.3 is 5.97 Å². The zero-order valence-corrected chi connectivity index (χ0v) is 9.15. The van der Waals surface area contributed by atoms with Gasteiger partial charge in [0.15, 0.2) is 0 Å². The molecule has 0 aliphatic carbocycles. The fraction of sp³-hybridized carbons (Fsp3) is 0.667. The topological polar surface area (TPSA) is 49.3 Å². The summed E-state index contributed by atoms with van der Waals surface area (Å²) in [6.07, 6.45) is 4.83. The molecule has 0 aromatic heterocycles. The van der Waals surface area contributed by atoms with Crippen LogP contribution < -0.4 is 5.32 Å². The van der Waals surface area contributed by atoms with Crippen molar-refractivity contribution in [3.05, 3.63) is 12.2 Å². The normalized spacial score (nSPS) is 12.2. The summed E-state index contributed by atoms with van der Waals surface area (Å²) in [6, 6.07) is 0. The molecule has 0 aliphatic heterocycles. The third-order valence-electron chi connectivity index (χ3n) is 1.63. The number of hydrogen-bond acceptors (Lipinski definition) is 3. The number of hydrogen-bond donors (Lipinski definition) is 2. The molecule has 3 nitrogen and oxygen atoms in total. The number of aliphatic carboxylic acids is 1. The first-order chi connectivity index (χ1) is 5.98. The van der Waals surface area contributed by atoms with Crippen LogP contribution in [-0.4, -0.2) is 35.2 Å². The second kappa shape index (κ2) is 6.05. The summed E-state index contributed by atoms with van der Waals surface area (Å²) in [7, 11) is 0. The Morgan fingerprint density at radius 3 is 2.69 bits per heavy atom. The van der Waals surface area contributed by atoms with E-state index in [1.165, 1.54) is 0 Å². The Balaban J connectivity index is 3.51. The molecule has 0 bridgehead atoms. The first-order valence-electron chi connectivity index (χ1n) is 4.13. The van der Waals surface area contributed by atoms with Crippen molar-refractivity contribution in [2.75, 3.05) is 19.3 Å². The van der Waals surface area contributed by atoms with Gasteiger partial charge in [-0.15, -0.1) is 0 Å². The minimum absolute atomic E-state index is 0.205. The zero-order chi connectivity index (χ0) is 10.3. The largest absolute Gasteiger partial charge is 0.478 e. The molecule has 4 heteroatoms. The van der Waals surface area contributed by atoms with Crippen LogP contribution in [-0.2, 0) is 4.79 Å². The number of carbonyl (C=O) groups is 1. The van der Waals surface area contributed by atoms with Crippen molar-refractivity contribution in [3.8, 4) is 0 Å². The zero-order valence-electron chi connectivity index (χ0n) is 8.33. The molecule has 0 saturated heterocycles. The second-order valence-corrected chi connectivity index (χ2v) is 4.85. The van der Waals surface area contributed by atoms with Crippen LogP contribution in [0.3, 0.4) is 0 Å². The third kappa shape index (κ3) is 7.87. The number of thioether (sulfide) groups is 1. The van der Waals surface area contributed by atoms with Crippen molar-refractivity contribution in [2.24, 2.45) is 0 Å². The molecule has 2 N–H and O–H groups in total. The molecule has 0 amide bonds. The van der Waals surface area contributed by atoms with Gasteiger partial charge in [-0.25, -0.2) is 4.79 Å². The quantitative estimate of drug-likeness (QED) is 0.505. The van der Waals surface area contributed by atoms with Gasteiger partial charge in [-0.2, -0.15) is 11.8 Å². The number of carboxylic acids is 1. The Morgan fingerprint density at radius 1 is 1.62 bits per heavy atom. The summed E-state index contributed by atoms with van der Waals surface area (Å²) >= 11 is 1.79. The second-order valence-electron chi connectivity index (χ2n) is 3.34. The van der Waals surface area contributed by atoms with Gasteiger partial charge in [0.1, 0.15) is 0 Å². The fourth-order valence-corrected chi connectivity index (χ4v) is 0.935. The van der Waals surface area contributed by atoms with E-state index in [1.54, 1.807) is 17.8 Å². The predicted molar refractivity (Wildman–Crippen MR) is 57.2 cm³/mol. The number of carboxylic acid groups (broad SMARTS) is 1. The van der Waals surface area contributed by atoms with E-state index in [9.17, 15) is 4.79 Å². The smallest absolute Gasteiger partial charge is 0.328 e. The molecule has 0 unspecified atom stereocenters. The van der Waals surface area contributed by atoms with Crippen molar-refractivity contribution in [3.63, 3.8) is 0 Å². The highest BCUT2D eigenvalue weighted by Gasteiger charge is 2.13. The van der Waals surface area contributed by atoms with Gasteiger partial charge in [0.05, 0.1) is 0 Å². The van der Waals surface area contributed by atoms with Crippen molar-refractivity contribution >= 4 is 17.7 Å². The summed E-state index contributed by atoms with van der Waals surface area (Å²) in [5.74, 6) is -0.897. The maximum absolute atomic E-state index is 10.1. The summed E-state index contributed by atoms with van der Waals surface area (Å²) in [5.41, 5.74) is 0. The van der Waals surface area contributed by atoms with E-state index >= 15 is 0 Å². The predicted octanol–water partition coefficient (Wildman–Crippen LogP) is 1.36. The van der Waals surface area contributed by atoms with Gasteiger partial charge in [0, 0.05) is 23.9 Å². The minimum atomic E-state index is -0.897. The van der Waals surface area contributed by atoms with Gasteiger partial charge in [0.2, 0.25) is 0 Å². The molecule has 0 aliphatic rings. The lowest BCUT2D eigenvalue weighted by molar-refractivity contribution is -0.131. The molecular weight excluding hydrogens is 186 g/mol. The lowest BCUT2D eigenvalue weighted by atomic mass is 10.2. The highest BCUT2D eigenvalue weighted by atomic mass is 32.2. The Bertz CT molecular complexity index is 190. The SMILES string of the molecule is CSC(C)(C)CNC/C=C/C(=O)O. The molecule has 13 heavy (non-hydrogen) atoms. The monoisotopic (exact) mass is 203 g/mol. The van der Waals surface area contributed by atoms with Crippen LogP contribution in [0.2, 0.25) is 0 Å². The lowest BCUT2D eigenvalue weighted by Gasteiger charge is -2.21. The number of rotatable bonds is 6. The Labute approximate surface area is 83.6 Å². The first kappa shape index (κ1) is 12.5. The highest BCUT2D eigenvalue weighted by molar-refractivity contribution is 7.99. The molecule has 0 spiro atoms. The van der Waals surface area contributed by atoms with Crippen molar-refractivity contribution in [1.82, 2.24) is 5.32 Å². The Morgan fingerprint density at radius 2 is 2.23 bits per heavy atom. The average molecular weight is 203 g/mol. The van der Waals surface area contributed by atoms with E-state index in [0.717, 1.165) is 12.6 Å². The van der Waals surface area contributed by atoms with Crippen molar-refractivity contribution < 1.29 is 9.90 Å². The summed E-state index contributed by atoms with van der Waals surface area (Å²) < 4.78 is 0.205. The number of nitrogens with one attached hydrogen (secondary N) is 1. The van der Waals surface area contributed by atoms with Crippen molar-refractivity contribution in [2.45, 2.75) is 18.6 Å². The third-order valence-corrected chi connectivity index (χ3v) is 2.88. The molecular formula is C9H17NO2S. The lowest BCUT2D eigenvalue weighted by Crippen LogP contribution is -2.32. The fourth-order valence-electron chi connectivity index (χ4n) is 0.688. The average Bonchev–Trinajstić information content (AvgIpc) is 2.03. The standard InChI is InChI=1S/C9H17NO2S/c1-9(2,13-3)7-10-6-4-5-8(11)12/h4-5,10H,6-7H2,1-3H3,(H,11,12)/b5-4+. The maximum Gasteiger partial charge on any atom is 0.328 e. The highest BCUT2D eigenvalue weighted by Crippen LogP contribution is 2.19. The van der Waals surface area contributed by atoms with E-state index in [4.69, 9.17) is 5.11 Å². The summed E-state index contributed by atoms with van der Waals surface area (Å²) in [5, 5.41) is 11.5. The van der Waals surface area contributed by atoms with Gasteiger partial charge < -0.3 is 10.4 Å². The molecule has 0 heterocycles. The van der Waals surface area contributed by atoms with E-state index < -0.39 is 5.97 Å². The first-order valence-corrected chi connectivity index (χ1v) is 5.36. The van der Waals surface area contributed by atoms with Crippen LogP contribution in [0.1, 0.15) is 13.8 Å². The van der Waals surface area contributed by atoms with Crippen LogP contribution in [0, 0.1) is 0 Å². The summed E-state index contributed by atoms with van der Waals surface area (Å²) in [6.45, 7) is 5.77. The molecule has 0 aromatic carbocycles. The van der Waals surface area contributed by atoms with E-state index in [-0.39, 0.29) is 4.75 Å². The van der Waals surface area contributed by atoms with Gasteiger partial charge in [-0.1, -0.05) is 6.08 Å². The molecule has 0 aromatic rings. The van der Waals surface area contributed by atoms with E-state index in [0.29, 0.717) is 6.54 Å². The van der Waals surface area contributed by atoms with Gasteiger partial charge in [0.25, 0.3) is 0 Å². The van der Waals surface area contributed by atoms with E-state index in [1.807, 2.05) is 0 Å². The van der Waals surface area contributed by atoms with Crippen LogP contribution in [0.5, 0.6) is 0 Å². The van der Waals surface area contributed by atoms with Crippen molar-refractivity contribution in [1.29, 1.82) is 0 Å². The van der Waals surface area contributed by atoms with Crippen LogP contribution in [0.25, 0.3) is 0 Å². The van der Waals surface area contributed by atoms with Gasteiger partial charge in [-0.05, 0) is 20.1 Å². The van der Waals surface area contributed by atoms with Crippen LogP contribution in [0.15, 0.2) is 12.2 Å². The molecule has 0 radical (unpaired) electrons. The minimum Gasteiger partial charge on any atom is -0.478 e. The van der Waals surface area contributed by atoms with E-state index in [2.05, 4.69) is 25.4 Å². The van der Waals surface area contributed by atoms with Gasteiger partial charge in [-0.3, -0.25) is 0 Å². The molecule has 76 valence electrons. The molecule has 0 fully saturated rings. The molecule has 0 rings (SSSR count). The summed E-state index contributed by atoms with van der Waals surface area (Å²) in [4.78, 5) is 10.1. The Kier molecular flexibility index (Phi) is 5.82. The van der Waals surface area contributed by atoms with Crippen LogP contribution >= 0.6 is 11.8 Å².